The van der Waals surface area contributed by atoms with Crippen molar-refractivity contribution in [3.05, 3.63) is 47.5 Å². The van der Waals surface area contributed by atoms with E-state index in [2.05, 4.69) is 26.3 Å². The van der Waals surface area contributed by atoms with Gasteiger partial charge < -0.3 is 15.1 Å². The number of amides is 2. The summed E-state index contributed by atoms with van der Waals surface area (Å²) in [5.41, 5.74) is 4.14. The molecule has 1 saturated heterocycles. The molecule has 4 rings (SSSR count). The smallest absolute Gasteiger partial charge is 0.322 e. The monoisotopic (exact) mass is 351 g/mol. The van der Waals surface area contributed by atoms with Crippen LogP contribution < -0.4 is 10.2 Å². The Bertz CT molecular complexity index is 801. The second-order valence-corrected chi connectivity index (χ2v) is 6.92. The molecule has 136 valence electrons. The Balaban J connectivity index is 1.49. The van der Waals surface area contributed by atoms with Gasteiger partial charge in [-0.15, -0.1) is 0 Å². The molecule has 1 N–H and O–H groups in total. The molecular formula is C20H25N5O. The van der Waals surface area contributed by atoms with Gasteiger partial charge in [-0.1, -0.05) is 19.1 Å². The van der Waals surface area contributed by atoms with E-state index in [1.54, 1.807) is 0 Å². The Hall–Kier alpha value is -2.63. The Morgan fingerprint density at radius 1 is 1.19 bits per heavy atom. The van der Waals surface area contributed by atoms with Crippen LogP contribution in [0.4, 0.5) is 16.2 Å². The van der Waals surface area contributed by atoms with Crippen LogP contribution in [0.25, 0.3) is 0 Å². The van der Waals surface area contributed by atoms with Crippen LogP contribution in [0.5, 0.6) is 0 Å². The van der Waals surface area contributed by atoms with Gasteiger partial charge in [-0.05, 0) is 37.0 Å². The molecule has 1 aromatic heterocycles. The summed E-state index contributed by atoms with van der Waals surface area (Å²) in [6, 6.07) is 8.03. The lowest BCUT2D eigenvalue weighted by Crippen LogP contribution is -2.39. The number of nitrogens with zero attached hydrogens (tertiary/aromatic N) is 4. The minimum absolute atomic E-state index is 0.0565. The zero-order valence-corrected chi connectivity index (χ0v) is 15.2. The number of hydrogen-bond acceptors (Lipinski definition) is 4. The van der Waals surface area contributed by atoms with Crippen molar-refractivity contribution in [1.82, 2.24) is 14.9 Å². The Morgan fingerprint density at radius 2 is 2.00 bits per heavy atom. The van der Waals surface area contributed by atoms with Crippen molar-refractivity contribution in [1.29, 1.82) is 0 Å². The third-order valence-electron chi connectivity index (χ3n) is 5.19. The molecule has 0 unspecified atom stereocenters. The van der Waals surface area contributed by atoms with Crippen molar-refractivity contribution in [3.63, 3.8) is 0 Å². The van der Waals surface area contributed by atoms with E-state index in [0.29, 0.717) is 13.1 Å². The highest BCUT2D eigenvalue weighted by atomic mass is 16.2. The SMILES string of the molecule is CCc1ncc2c(n1)CN(C(=O)Nc1ccccc1N1CCCC1)CC2. The van der Waals surface area contributed by atoms with Crippen molar-refractivity contribution >= 4 is 17.4 Å². The molecule has 3 heterocycles. The van der Waals surface area contributed by atoms with Gasteiger partial charge >= 0.3 is 6.03 Å². The van der Waals surface area contributed by atoms with Gasteiger partial charge in [0.2, 0.25) is 0 Å². The lowest BCUT2D eigenvalue weighted by Gasteiger charge is -2.29. The van der Waals surface area contributed by atoms with Crippen LogP contribution in [-0.4, -0.2) is 40.5 Å². The molecule has 6 heteroatoms. The topological polar surface area (TPSA) is 61.4 Å². The van der Waals surface area contributed by atoms with Gasteiger partial charge in [-0.3, -0.25) is 0 Å². The third kappa shape index (κ3) is 3.36. The second kappa shape index (κ2) is 7.32. The summed E-state index contributed by atoms with van der Waals surface area (Å²) >= 11 is 0. The van der Waals surface area contributed by atoms with E-state index in [1.165, 1.54) is 12.8 Å². The maximum absolute atomic E-state index is 12.9. The molecule has 0 saturated carbocycles. The summed E-state index contributed by atoms with van der Waals surface area (Å²) < 4.78 is 0. The predicted octanol–water partition coefficient (Wildman–Crippen LogP) is 3.23. The molecule has 0 radical (unpaired) electrons. The Kier molecular flexibility index (Phi) is 4.73. The van der Waals surface area contributed by atoms with Gasteiger partial charge in [0, 0.05) is 32.3 Å². The number of fused-ring (bicyclic) bond motifs is 1. The van der Waals surface area contributed by atoms with E-state index in [4.69, 9.17) is 0 Å². The lowest BCUT2D eigenvalue weighted by molar-refractivity contribution is 0.205. The number of hydrogen-bond donors (Lipinski definition) is 1. The van der Waals surface area contributed by atoms with E-state index < -0.39 is 0 Å². The molecule has 0 spiro atoms. The van der Waals surface area contributed by atoms with Crippen LogP contribution >= 0.6 is 0 Å². The zero-order chi connectivity index (χ0) is 17.9. The van der Waals surface area contributed by atoms with Crippen LogP contribution in [0.15, 0.2) is 30.5 Å². The van der Waals surface area contributed by atoms with Crippen molar-refractivity contribution < 1.29 is 4.79 Å². The van der Waals surface area contributed by atoms with Crippen molar-refractivity contribution in [2.45, 2.75) is 39.2 Å². The number of urea groups is 1. The molecule has 1 aromatic carbocycles. The molecule has 26 heavy (non-hydrogen) atoms. The third-order valence-corrected chi connectivity index (χ3v) is 5.19. The largest absolute Gasteiger partial charge is 0.370 e. The van der Waals surface area contributed by atoms with E-state index in [9.17, 15) is 4.79 Å². The van der Waals surface area contributed by atoms with E-state index in [1.807, 2.05) is 36.2 Å². The van der Waals surface area contributed by atoms with E-state index in [0.717, 1.165) is 54.4 Å². The minimum Gasteiger partial charge on any atom is -0.370 e. The number of nitrogens with one attached hydrogen (secondary N) is 1. The first-order valence-electron chi connectivity index (χ1n) is 9.48. The quantitative estimate of drug-likeness (QED) is 0.922. The molecular weight excluding hydrogens is 326 g/mol. The normalized spacial score (nSPS) is 16.5. The average Bonchev–Trinajstić information content (AvgIpc) is 3.22. The highest BCUT2D eigenvalue weighted by Crippen LogP contribution is 2.29. The molecule has 1 fully saturated rings. The fourth-order valence-corrected chi connectivity index (χ4v) is 3.70. The lowest BCUT2D eigenvalue weighted by atomic mass is 10.1. The number of rotatable bonds is 3. The molecule has 2 aliphatic rings. The zero-order valence-electron chi connectivity index (χ0n) is 15.2. The van der Waals surface area contributed by atoms with Crippen LogP contribution in [-0.2, 0) is 19.4 Å². The van der Waals surface area contributed by atoms with Gasteiger partial charge in [0.1, 0.15) is 5.82 Å². The first-order valence-corrected chi connectivity index (χ1v) is 9.48. The summed E-state index contributed by atoms with van der Waals surface area (Å²) in [5, 5.41) is 3.12. The number of anilines is 2. The van der Waals surface area contributed by atoms with Crippen LogP contribution in [0.2, 0.25) is 0 Å². The fraction of sp³-hybridized carbons (Fsp3) is 0.450. The van der Waals surface area contributed by atoms with Gasteiger partial charge in [0.25, 0.3) is 0 Å². The maximum Gasteiger partial charge on any atom is 0.322 e. The number of para-hydroxylation sites is 2. The fourth-order valence-electron chi connectivity index (χ4n) is 3.70. The molecule has 0 aliphatic carbocycles. The number of aromatic nitrogens is 2. The van der Waals surface area contributed by atoms with Gasteiger partial charge in [-0.2, -0.15) is 0 Å². The standard InChI is InChI=1S/C20H25N5O/c1-2-19-21-13-15-9-12-25(14-17(15)22-19)20(26)23-16-7-3-4-8-18(16)24-10-5-6-11-24/h3-4,7-8,13H,2,5-6,9-12,14H2,1H3,(H,23,26). The summed E-state index contributed by atoms with van der Waals surface area (Å²) in [7, 11) is 0. The predicted molar refractivity (Wildman–Crippen MR) is 102 cm³/mol. The molecule has 2 aliphatic heterocycles. The number of aryl methyl sites for hydroxylation is 1. The minimum atomic E-state index is -0.0565. The summed E-state index contributed by atoms with van der Waals surface area (Å²) in [4.78, 5) is 26.0. The average molecular weight is 351 g/mol. The van der Waals surface area contributed by atoms with Crippen molar-refractivity contribution in [2.24, 2.45) is 0 Å². The van der Waals surface area contributed by atoms with Crippen molar-refractivity contribution in [3.8, 4) is 0 Å². The molecule has 0 bridgehead atoms. The molecule has 6 nitrogen and oxygen atoms in total. The second-order valence-electron chi connectivity index (χ2n) is 6.92. The van der Waals surface area contributed by atoms with Gasteiger partial charge in [-0.25, -0.2) is 14.8 Å². The number of carbonyl (C=O) groups excluding carboxylic acids is 1. The first kappa shape index (κ1) is 16.8. The summed E-state index contributed by atoms with van der Waals surface area (Å²) in [5.74, 6) is 0.838. The van der Waals surface area contributed by atoms with Gasteiger partial charge in [0.15, 0.2) is 0 Å². The first-order chi connectivity index (χ1) is 12.7. The highest BCUT2D eigenvalue weighted by molar-refractivity contribution is 5.93. The number of benzene rings is 1. The van der Waals surface area contributed by atoms with E-state index in [-0.39, 0.29) is 6.03 Å². The van der Waals surface area contributed by atoms with Crippen LogP contribution in [0.1, 0.15) is 36.8 Å². The summed E-state index contributed by atoms with van der Waals surface area (Å²) in [6.07, 6.45) is 5.96. The molecule has 2 aromatic rings. The molecule has 2 amide bonds. The molecule has 0 atom stereocenters. The van der Waals surface area contributed by atoms with Crippen LogP contribution in [0.3, 0.4) is 0 Å². The Morgan fingerprint density at radius 3 is 2.81 bits per heavy atom. The van der Waals surface area contributed by atoms with E-state index >= 15 is 0 Å². The Labute approximate surface area is 154 Å². The van der Waals surface area contributed by atoms with Gasteiger partial charge in [0.05, 0.1) is 23.6 Å². The highest BCUT2D eigenvalue weighted by Gasteiger charge is 2.24. The maximum atomic E-state index is 12.9. The van der Waals surface area contributed by atoms with Crippen molar-refractivity contribution in [2.75, 3.05) is 29.9 Å². The van der Waals surface area contributed by atoms with Crippen LogP contribution in [0, 0.1) is 0 Å². The number of carbonyl (C=O) groups is 1. The summed E-state index contributed by atoms with van der Waals surface area (Å²) in [6.45, 7) is 5.40.